The molecule has 21 heavy (non-hydrogen) atoms. The average Bonchev–Trinajstić information content (AvgIpc) is 2.43. The molecular weight excluding hydrogens is 352 g/mol. The molecule has 0 amide bonds. The van der Waals surface area contributed by atoms with Crippen molar-refractivity contribution >= 4 is 27.5 Å². The molecule has 0 radical (unpaired) electrons. The Kier molecular flexibility index (Phi) is 5.62. The van der Waals surface area contributed by atoms with Gasteiger partial charge >= 0.3 is 0 Å². The van der Waals surface area contributed by atoms with E-state index in [2.05, 4.69) is 40.1 Å². The van der Waals surface area contributed by atoms with Crippen LogP contribution in [0.1, 0.15) is 25.0 Å². The zero-order chi connectivity index (χ0) is 15.4. The Bertz CT molecular complexity index is 632. The third kappa shape index (κ3) is 4.70. The van der Waals surface area contributed by atoms with E-state index in [1.54, 1.807) is 6.20 Å². The van der Waals surface area contributed by atoms with Crippen LogP contribution in [-0.4, -0.2) is 11.0 Å². The van der Waals surface area contributed by atoms with Crippen LogP contribution < -0.4 is 10.1 Å². The van der Waals surface area contributed by atoms with Crippen molar-refractivity contribution in [3.8, 4) is 11.6 Å². The number of nitrogens with one attached hydrogen (secondary N) is 1. The number of pyridine rings is 1. The van der Waals surface area contributed by atoms with Gasteiger partial charge in [0.05, 0.1) is 0 Å². The minimum Gasteiger partial charge on any atom is -0.438 e. The highest BCUT2D eigenvalue weighted by molar-refractivity contribution is 9.10. The lowest BCUT2D eigenvalue weighted by atomic mass is 10.2. The fraction of sp³-hybridized carbons (Fsp3) is 0.312. The number of aromatic nitrogens is 1. The molecule has 0 aliphatic carbocycles. The van der Waals surface area contributed by atoms with Crippen molar-refractivity contribution in [3.05, 3.63) is 51.1 Å². The second-order valence-corrected chi connectivity index (χ2v) is 6.44. The second kappa shape index (κ2) is 7.25. The molecule has 112 valence electrons. The molecule has 0 aliphatic heterocycles. The van der Waals surface area contributed by atoms with Gasteiger partial charge in [-0.3, -0.25) is 0 Å². The number of halogens is 2. The monoisotopic (exact) mass is 368 g/mol. The Morgan fingerprint density at radius 1 is 1.33 bits per heavy atom. The number of rotatable bonds is 5. The Morgan fingerprint density at radius 3 is 2.71 bits per heavy atom. The van der Waals surface area contributed by atoms with Gasteiger partial charge in [-0.15, -0.1) is 0 Å². The second-order valence-electron chi connectivity index (χ2n) is 5.18. The lowest BCUT2D eigenvalue weighted by Gasteiger charge is -2.11. The summed E-state index contributed by atoms with van der Waals surface area (Å²) in [5.41, 5.74) is 2.13. The predicted molar refractivity (Wildman–Crippen MR) is 90.2 cm³/mol. The van der Waals surface area contributed by atoms with Crippen LogP contribution in [0.5, 0.6) is 11.6 Å². The Hall–Kier alpha value is -1.10. The molecule has 0 unspecified atom stereocenters. The predicted octanol–water partition coefficient (Wildman–Crippen LogP) is 5.10. The summed E-state index contributed by atoms with van der Waals surface area (Å²) in [7, 11) is 0. The number of hydrogen-bond acceptors (Lipinski definition) is 3. The lowest BCUT2D eigenvalue weighted by Crippen LogP contribution is -2.21. The molecule has 2 aromatic rings. The van der Waals surface area contributed by atoms with E-state index in [4.69, 9.17) is 16.3 Å². The van der Waals surface area contributed by atoms with Gasteiger partial charge in [0.2, 0.25) is 5.88 Å². The minimum atomic E-state index is 0.422. The Labute approximate surface area is 138 Å². The van der Waals surface area contributed by atoms with Gasteiger partial charge in [-0.25, -0.2) is 4.98 Å². The zero-order valence-corrected chi connectivity index (χ0v) is 14.6. The smallest absolute Gasteiger partial charge is 0.238 e. The van der Waals surface area contributed by atoms with E-state index < -0.39 is 0 Å². The highest BCUT2D eigenvalue weighted by Crippen LogP contribution is 2.29. The number of nitrogens with zero attached hydrogens (tertiary/aromatic N) is 1. The van der Waals surface area contributed by atoms with Crippen LogP contribution >= 0.6 is 27.5 Å². The summed E-state index contributed by atoms with van der Waals surface area (Å²) in [6.45, 7) is 6.94. The van der Waals surface area contributed by atoms with Crippen molar-refractivity contribution in [3.63, 3.8) is 0 Å². The molecule has 1 heterocycles. The van der Waals surface area contributed by atoms with E-state index in [1.807, 2.05) is 31.2 Å². The summed E-state index contributed by atoms with van der Waals surface area (Å²) >= 11 is 9.70. The number of hydrogen-bond donors (Lipinski definition) is 1. The van der Waals surface area contributed by atoms with Crippen LogP contribution in [0.3, 0.4) is 0 Å². The number of benzene rings is 1. The van der Waals surface area contributed by atoms with Gasteiger partial charge in [0, 0.05) is 23.3 Å². The van der Waals surface area contributed by atoms with E-state index >= 15 is 0 Å². The van der Waals surface area contributed by atoms with E-state index in [-0.39, 0.29) is 0 Å². The van der Waals surface area contributed by atoms with E-state index in [1.165, 1.54) is 0 Å². The van der Waals surface area contributed by atoms with Crippen LogP contribution in [0.4, 0.5) is 0 Å². The third-order valence-corrected chi connectivity index (χ3v) is 4.08. The first kappa shape index (κ1) is 16.3. The van der Waals surface area contributed by atoms with Gasteiger partial charge in [-0.05, 0) is 42.3 Å². The van der Waals surface area contributed by atoms with Crippen LogP contribution in [0, 0.1) is 6.92 Å². The molecule has 1 N–H and O–H groups in total. The lowest BCUT2D eigenvalue weighted by molar-refractivity contribution is 0.462. The van der Waals surface area contributed by atoms with E-state index in [0.29, 0.717) is 16.9 Å². The van der Waals surface area contributed by atoms with Crippen LogP contribution in [0.15, 0.2) is 34.9 Å². The van der Waals surface area contributed by atoms with Gasteiger partial charge in [0.1, 0.15) is 10.8 Å². The number of ether oxygens (including phenoxy) is 1. The topological polar surface area (TPSA) is 34.1 Å². The fourth-order valence-corrected chi connectivity index (χ4v) is 2.23. The zero-order valence-electron chi connectivity index (χ0n) is 12.3. The highest BCUT2D eigenvalue weighted by Gasteiger charge is 2.08. The van der Waals surface area contributed by atoms with Crippen LogP contribution in [0.2, 0.25) is 5.02 Å². The Morgan fingerprint density at radius 2 is 2.10 bits per heavy atom. The molecule has 0 saturated heterocycles. The van der Waals surface area contributed by atoms with Gasteiger partial charge in [0.15, 0.2) is 0 Å². The largest absolute Gasteiger partial charge is 0.438 e. The Balaban J connectivity index is 2.11. The molecule has 0 saturated carbocycles. The van der Waals surface area contributed by atoms with Crippen molar-refractivity contribution in [1.82, 2.24) is 10.3 Å². The summed E-state index contributed by atoms with van der Waals surface area (Å²) in [5.74, 6) is 1.14. The average molecular weight is 370 g/mol. The molecule has 0 fully saturated rings. The summed E-state index contributed by atoms with van der Waals surface area (Å²) in [6.07, 6.45) is 1.78. The summed E-state index contributed by atoms with van der Waals surface area (Å²) in [6, 6.07) is 8.06. The van der Waals surface area contributed by atoms with Crippen molar-refractivity contribution in [2.24, 2.45) is 0 Å². The molecule has 0 aliphatic rings. The van der Waals surface area contributed by atoms with Gasteiger partial charge in [-0.2, -0.15) is 0 Å². The molecule has 0 spiro atoms. The van der Waals surface area contributed by atoms with Gasteiger partial charge in [-0.1, -0.05) is 41.4 Å². The SMILES string of the molecule is Cc1cc(Oc2ncc(CNC(C)C)cc2Cl)ccc1Br. The van der Waals surface area contributed by atoms with Crippen molar-refractivity contribution in [1.29, 1.82) is 0 Å². The molecule has 0 atom stereocenters. The maximum absolute atomic E-state index is 6.24. The van der Waals surface area contributed by atoms with Gasteiger partial charge in [0.25, 0.3) is 0 Å². The molecule has 1 aromatic heterocycles. The first-order chi connectivity index (χ1) is 9.95. The summed E-state index contributed by atoms with van der Waals surface area (Å²) < 4.78 is 6.79. The standard InChI is InChI=1S/C16H18BrClN2O/c1-10(2)19-8-12-7-15(18)16(20-9-12)21-13-4-5-14(17)11(3)6-13/h4-7,9-10,19H,8H2,1-3H3. The molecule has 2 rings (SSSR count). The van der Waals surface area contributed by atoms with E-state index in [0.717, 1.165) is 27.9 Å². The molecule has 0 bridgehead atoms. The number of aryl methyl sites for hydroxylation is 1. The maximum Gasteiger partial charge on any atom is 0.238 e. The quantitative estimate of drug-likeness (QED) is 0.796. The maximum atomic E-state index is 6.24. The first-order valence-electron chi connectivity index (χ1n) is 6.77. The van der Waals surface area contributed by atoms with Crippen LogP contribution in [-0.2, 0) is 6.54 Å². The first-order valence-corrected chi connectivity index (χ1v) is 7.94. The van der Waals surface area contributed by atoms with E-state index in [9.17, 15) is 0 Å². The summed E-state index contributed by atoms with van der Waals surface area (Å²) in [4.78, 5) is 4.30. The minimum absolute atomic E-state index is 0.422. The van der Waals surface area contributed by atoms with Crippen molar-refractivity contribution in [2.75, 3.05) is 0 Å². The van der Waals surface area contributed by atoms with Crippen molar-refractivity contribution < 1.29 is 4.74 Å². The molecule has 3 nitrogen and oxygen atoms in total. The molecule has 1 aromatic carbocycles. The molecular formula is C16H18BrClN2O. The fourth-order valence-electron chi connectivity index (χ4n) is 1.75. The molecule has 5 heteroatoms. The van der Waals surface area contributed by atoms with Gasteiger partial charge < -0.3 is 10.1 Å². The summed E-state index contributed by atoms with van der Waals surface area (Å²) in [5, 5.41) is 3.84. The van der Waals surface area contributed by atoms with Crippen molar-refractivity contribution in [2.45, 2.75) is 33.4 Å². The van der Waals surface area contributed by atoms with Crippen LogP contribution in [0.25, 0.3) is 0 Å². The third-order valence-electron chi connectivity index (χ3n) is 2.92. The normalized spacial score (nSPS) is 11.0. The highest BCUT2D eigenvalue weighted by atomic mass is 79.9.